The number of carbonyl (C=O) groups excluding carboxylic acids is 1. The number of nitrogens with one attached hydrogen (secondary N) is 1. The van der Waals surface area contributed by atoms with E-state index in [9.17, 15) is 4.79 Å². The minimum absolute atomic E-state index is 0.0211. The lowest BCUT2D eigenvalue weighted by Crippen LogP contribution is -2.20. The molecule has 0 radical (unpaired) electrons. The molecule has 4 rings (SSSR count). The second-order valence-electron chi connectivity index (χ2n) is 7.39. The Hall–Kier alpha value is -3.71. The number of aromatic nitrogens is 3. The molecule has 1 heterocycles. The predicted molar refractivity (Wildman–Crippen MR) is 127 cm³/mol. The van der Waals surface area contributed by atoms with Crippen LogP contribution in [-0.2, 0) is 24.5 Å². The van der Waals surface area contributed by atoms with Gasteiger partial charge >= 0.3 is 0 Å². The van der Waals surface area contributed by atoms with Gasteiger partial charge in [0.05, 0.1) is 6.54 Å². The molecule has 0 atom stereocenters. The molecule has 0 fully saturated rings. The topological polar surface area (TPSA) is 61.1 Å². The van der Waals surface area contributed by atoms with Crippen molar-refractivity contribution in [2.24, 2.45) is 0 Å². The van der Waals surface area contributed by atoms with Crippen LogP contribution in [0.2, 0.25) is 0 Å². The second-order valence-corrected chi connectivity index (χ2v) is 7.76. The first-order valence-corrected chi connectivity index (χ1v) is 10.7. The summed E-state index contributed by atoms with van der Waals surface area (Å²) in [6.45, 7) is 2.77. The molecule has 0 aliphatic rings. The maximum Gasteiger partial charge on any atom is 0.246 e. The summed E-state index contributed by atoms with van der Waals surface area (Å²) in [5.74, 6) is 1.22. The smallest absolute Gasteiger partial charge is 0.246 e. The van der Waals surface area contributed by atoms with Gasteiger partial charge in [-0.15, -0.1) is 0 Å². The Morgan fingerprint density at radius 2 is 1.62 bits per heavy atom. The minimum Gasteiger partial charge on any atom is -0.486 e. The highest BCUT2D eigenvalue weighted by atomic mass is 32.1. The van der Waals surface area contributed by atoms with E-state index >= 15 is 0 Å². The molecule has 7 heteroatoms. The Morgan fingerprint density at radius 1 is 0.969 bits per heavy atom. The third-order valence-electron chi connectivity index (χ3n) is 5.01. The number of hydrogen-bond donors (Lipinski definition) is 1. The molecule has 0 aliphatic heterocycles. The first-order valence-electron chi connectivity index (χ1n) is 10.3. The Bertz CT molecular complexity index is 1250. The van der Waals surface area contributed by atoms with E-state index in [-0.39, 0.29) is 19.1 Å². The molecule has 0 saturated heterocycles. The average Bonchev–Trinajstić information content (AvgIpc) is 3.09. The molecular formula is C25H24N4O2S. The van der Waals surface area contributed by atoms with Crippen LogP contribution in [0, 0.1) is 11.7 Å². The molecule has 32 heavy (non-hydrogen) atoms. The van der Waals surface area contributed by atoms with Gasteiger partial charge < -0.3 is 10.1 Å². The molecule has 4 aromatic rings. The van der Waals surface area contributed by atoms with Crippen molar-refractivity contribution in [3.63, 3.8) is 0 Å². The first kappa shape index (κ1) is 21.5. The summed E-state index contributed by atoms with van der Waals surface area (Å²) >= 11 is 5.68. The summed E-state index contributed by atoms with van der Waals surface area (Å²) in [5.41, 5.74) is 2.87. The van der Waals surface area contributed by atoms with Gasteiger partial charge in [-0.2, -0.15) is 5.10 Å². The van der Waals surface area contributed by atoms with Crippen molar-refractivity contribution >= 4 is 23.8 Å². The van der Waals surface area contributed by atoms with Gasteiger partial charge in [-0.05, 0) is 48.5 Å². The van der Waals surface area contributed by atoms with Crippen LogP contribution in [0.1, 0.15) is 17.0 Å². The third kappa shape index (κ3) is 5.31. The van der Waals surface area contributed by atoms with Crippen LogP contribution in [0.25, 0.3) is 0 Å². The summed E-state index contributed by atoms with van der Waals surface area (Å²) < 4.78 is 9.85. The Kier molecular flexibility index (Phi) is 6.77. The highest BCUT2D eigenvalue weighted by molar-refractivity contribution is 7.71. The van der Waals surface area contributed by atoms with Crippen LogP contribution >= 0.6 is 12.2 Å². The maximum absolute atomic E-state index is 12.7. The number of benzene rings is 3. The van der Waals surface area contributed by atoms with Crippen molar-refractivity contribution in [2.75, 3.05) is 5.32 Å². The van der Waals surface area contributed by atoms with Gasteiger partial charge in [0.2, 0.25) is 5.91 Å². The first-order chi connectivity index (χ1) is 15.6. The van der Waals surface area contributed by atoms with Crippen LogP contribution in [0.15, 0.2) is 84.9 Å². The highest BCUT2D eigenvalue weighted by Crippen LogP contribution is 2.15. The van der Waals surface area contributed by atoms with Crippen molar-refractivity contribution in [1.82, 2.24) is 14.3 Å². The molecule has 6 nitrogen and oxygen atoms in total. The fraction of sp³-hybridized carbons (Fsp3) is 0.160. The van der Waals surface area contributed by atoms with E-state index in [1.807, 2.05) is 96.4 Å². The number of para-hydroxylation sites is 2. The zero-order valence-electron chi connectivity index (χ0n) is 17.8. The molecule has 1 N–H and O–H groups in total. The summed E-state index contributed by atoms with van der Waals surface area (Å²) in [5, 5.41) is 7.55. The fourth-order valence-corrected chi connectivity index (χ4v) is 3.60. The molecule has 0 aliphatic carbocycles. The Labute approximate surface area is 192 Å². The van der Waals surface area contributed by atoms with Gasteiger partial charge in [0.15, 0.2) is 10.6 Å². The Balaban J connectivity index is 1.57. The van der Waals surface area contributed by atoms with Gasteiger partial charge in [0.25, 0.3) is 0 Å². The number of amides is 1. The van der Waals surface area contributed by atoms with Crippen molar-refractivity contribution in [3.05, 3.63) is 107 Å². The molecule has 0 unspecified atom stereocenters. The lowest BCUT2D eigenvalue weighted by molar-refractivity contribution is -0.116. The van der Waals surface area contributed by atoms with Crippen LogP contribution < -0.4 is 10.1 Å². The lowest BCUT2D eigenvalue weighted by atomic mass is 10.2. The van der Waals surface area contributed by atoms with Gasteiger partial charge in [-0.1, -0.05) is 66.7 Å². The fourth-order valence-electron chi connectivity index (χ4n) is 3.32. The second kappa shape index (κ2) is 10.1. The SMILES string of the molecule is Cc1ccccc1NC(=O)Cn1nc(COc2ccccc2)n(Cc2ccccc2)c1=S. The average molecular weight is 445 g/mol. The van der Waals surface area contributed by atoms with Crippen LogP contribution in [-0.4, -0.2) is 20.3 Å². The summed E-state index contributed by atoms with van der Waals surface area (Å²) in [4.78, 5) is 12.7. The maximum atomic E-state index is 12.7. The summed E-state index contributed by atoms with van der Waals surface area (Å²) in [6.07, 6.45) is 0. The van der Waals surface area contributed by atoms with Crippen LogP contribution in [0.5, 0.6) is 5.75 Å². The van der Waals surface area contributed by atoms with Crippen molar-refractivity contribution in [3.8, 4) is 5.75 Å². The largest absolute Gasteiger partial charge is 0.486 e. The van der Waals surface area contributed by atoms with Gasteiger partial charge in [0, 0.05) is 5.69 Å². The van der Waals surface area contributed by atoms with Crippen LogP contribution in [0.3, 0.4) is 0 Å². The molecule has 1 amide bonds. The standard InChI is InChI=1S/C25H24N4O2S/c1-19-10-8-9-15-22(19)26-24(30)17-29-25(32)28(16-20-11-4-2-5-12-20)23(27-29)18-31-21-13-6-3-7-14-21/h2-15H,16-18H2,1H3,(H,26,30). The van der Waals surface area contributed by atoms with E-state index in [4.69, 9.17) is 17.0 Å². The van der Waals surface area contributed by atoms with E-state index in [1.54, 1.807) is 4.68 Å². The number of nitrogens with zero attached hydrogens (tertiary/aromatic N) is 3. The molecular weight excluding hydrogens is 420 g/mol. The number of ether oxygens (including phenoxy) is 1. The highest BCUT2D eigenvalue weighted by Gasteiger charge is 2.15. The predicted octanol–water partition coefficient (Wildman–Crippen LogP) is 4.99. The molecule has 1 aromatic heterocycles. The molecule has 0 bridgehead atoms. The number of aryl methyl sites for hydroxylation is 1. The number of carbonyl (C=O) groups is 1. The summed E-state index contributed by atoms with van der Waals surface area (Å²) in [6, 6.07) is 27.2. The van der Waals surface area contributed by atoms with Gasteiger partial charge in [0.1, 0.15) is 18.9 Å². The van der Waals surface area contributed by atoms with Gasteiger partial charge in [-0.3, -0.25) is 9.36 Å². The van der Waals surface area contributed by atoms with Gasteiger partial charge in [-0.25, -0.2) is 4.68 Å². The Morgan fingerprint density at radius 3 is 2.34 bits per heavy atom. The molecule has 0 spiro atoms. The number of rotatable bonds is 8. The van der Waals surface area contributed by atoms with E-state index in [1.165, 1.54) is 0 Å². The quantitative estimate of drug-likeness (QED) is 0.389. The molecule has 0 saturated carbocycles. The number of hydrogen-bond acceptors (Lipinski definition) is 4. The molecule has 162 valence electrons. The number of anilines is 1. The summed E-state index contributed by atoms with van der Waals surface area (Å²) in [7, 11) is 0. The lowest BCUT2D eigenvalue weighted by Gasteiger charge is -2.08. The van der Waals surface area contributed by atoms with E-state index in [0.29, 0.717) is 17.1 Å². The molecule has 3 aromatic carbocycles. The van der Waals surface area contributed by atoms with E-state index < -0.39 is 0 Å². The monoisotopic (exact) mass is 444 g/mol. The van der Waals surface area contributed by atoms with E-state index in [0.717, 1.165) is 22.6 Å². The van der Waals surface area contributed by atoms with Crippen molar-refractivity contribution in [1.29, 1.82) is 0 Å². The zero-order valence-corrected chi connectivity index (χ0v) is 18.6. The van der Waals surface area contributed by atoms with Crippen LogP contribution in [0.4, 0.5) is 5.69 Å². The van der Waals surface area contributed by atoms with E-state index in [2.05, 4.69) is 10.4 Å². The normalized spacial score (nSPS) is 10.7. The van der Waals surface area contributed by atoms with Crippen molar-refractivity contribution < 1.29 is 9.53 Å². The minimum atomic E-state index is -0.185. The van der Waals surface area contributed by atoms with Crippen molar-refractivity contribution in [2.45, 2.75) is 26.6 Å². The third-order valence-corrected chi connectivity index (χ3v) is 5.44. The zero-order chi connectivity index (χ0) is 22.3.